The van der Waals surface area contributed by atoms with Gasteiger partial charge in [0.2, 0.25) is 0 Å². The molecule has 138 valence electrons. The number of ether oxygens (including phenoxy) is 2. The number of aryl methyl sites for hydroxylation is 1. The van der Waals surface area contributed by atoms with Crippen molar-refractivity contribution in [1.82, 2.24) is 4.90 Å². The number of esters is 1. The van der Waals surface area contributed by atoms with Crippen molar-refractivity contribution in [2.24, 2.45) is 0 Å². The summed E-state index contributed by atoms with van der Waals surface area (Å²) in [6.07, 6.45) is 0.168. The van der Waals surface area contributed by atoms with Crippen molar-refractivity contribution < 1.29 is 19.1 Å². The zero-order valence-electron chi connectivity index (χ0n) is 15.5. The molecule has 0 saturated carbocycles. The lowest BCUT2D eigenvalue weighted by molar-refractivity contribution is -0.143. The molecule has 0 aliphatic heterocycles. The minimum atomic E-state index is -0.302. The van der Waals surface area contributed by atoms with Gasteiger partial charge in [0, 0.05) is 18.7 Å². The maximum absolute atomic E-state index is 12.9. The van der Waals surface area contributed by atoms with Gasteiger partial charge in [-0.2, -0.15) is 0 Å². The maximum Gasteiger partial charge on any atom is 0.307 e. The van der Waals surface area contributed by atoms with E-state index in [0.717, 1.165) is 16.9 Å². The van der Waals surface area contributed by atoms with E-state index in [1.54, 1.807) is 18.9 Å². The normalized spacial score (nSPS) is 10.3. The van der Waals surface area contributed by atoms with E-state index in [9.17, 15) is 9.59 Å². The van der Waals surface area contributed by atoms with Crippen molar-refractivity contribution in [1.29, 1.82) is 0 Å². The molecule has 1 amide bonds. The summed E-state index contributed by atoms with van der Waals surface area (Å²) < 4.78 is 10.1. The smallest absolute Gasteiger partial charge is 0.307 e. The quantitative estimate of drug-likeness (QED) is 0.679. The molecule has 0 unspecified atom stereocenters. The summed E-state index contributed by atoms with van der Waals surface area (Å²) >= 11 is 0. The predicted molar refractivity (Wildman–Crippen MR) is 100 cm³/mol. The van der Waals surface area contributed by atoms with Crippen LogP contribution in [0.2, 0.25) is 0 Å². The van der Waals surface area contributed by atoms with E-state index in [2.05, 4.69) is 0 Å². The molecule has 2 aromatic carbocycles. The van der Waals surface area contributed by atoms with Crippen LogP contribution < -0.4 is 4.74 Å². The Balaban J connectivity index is 2.15. The molecule has 0 bridgehead atoms. The van der Waals surface area contributed by atoms with Crippen LogP contribution in [0.5, 0.6) is 5.75 Å². The van der Waals surface area contributed by atoms with Crippen LogP contribution in [0.3, 0.4) is 0 Å². The first-order valence-electron chi connectivity index (χ1n) is 8.68. The molecule has 0 atom stereocenters. The number of hydrogen-bond donors (Lipinski definition) is 0. The molecular weight excluding hydrogens is 330 g/mol. The fourth-order valence-corrected chi connectivity index (χ4v) is 2.54. The molecule has 5 nitrogen and oxygen atoms in total. The average molecular weight is 355 g/mol. The van der Waals surface area contributed by atoms with Crippen molar-refractivity contribution >= 4 is 11.9 Å². The highest BCUT2D eigenvalue weighted by Gasteiger charge is 2.18. The van der Waals surface area contributed by atoms with Gasteiger partial charge in [0.25, 0.3) is 5.91 Å². The molecule has 0 N–H and O–H groups in total. The molecule has 0 aliphatic carbocycles. The van der Waals surface area contributed by atoms with Gasteiger partial charge in [0.1, 0.15) is 5.75 Å². The van der Waals surface area contributed by atoms with E-state index in [4.69, 9.17) is 9.47 Å². The molecule has 0 saturated heterocycles. The number of carbonyl (C=O) groups excluding carboxylic acids is 2. The second kappa shape index (κ2) is 9.61. The second-order valence-electron chi connectivity index (χ2n) is 6.00. The van der Waals surface area contributed by atoms with Crippen LogP contribution in [0.15, 0.2) is 48.5 Å². The van der Waals surface area contributed by atoms with Gasteiger partial charge in [-0.1, -0.05) is 29.8 Å². The van der Waals surface area contributed by atoms with Gasteiger partial charge >= 0.3 is 5.97 Å². The second-order valence-corrected chi connectivity index (χ2v) is 6.00. The largest absolute Gasteiger partial charge is 0.497 e. The number of amides is 1. The average Bonchev–Trinajstić information content (AvgIpc) is 2.66. The number of benzene rings is 2. The summed E-state index contributed by atoms with van der Waals surface area (Å²) in [6.45, 7) is 4.80. The topological polar surface area (TPSA) is 55.8 Å². The Labute approximate surface area is 154 Å². The van der Waals surface area contributed by atoms with Crippen molar-refractivity contribution in [3.63, 3.8) is 0 Å². The molecule has 0 heterocycles. The highest BCUT2D eigenvalue weighted by molar-refractivity contribution is 5.94. The molecule has 2 aromatic rings. The SMILES string of the molecule is CCOC(=O)CCN(Cc1ccc(OC)cc1)C(=O)c1ccc(C)cc1. The Bertz CT molecular complexity index is 723. The zero-order valence-corrected chi connectivity index (χ0v) is 15.5. The molecule has 0 radical (unpaired) electrons. The molecule has 0 fully saturated rings. The van der Waals surface area contributed by atoms with E-state index < -0.39 is 0 Å². The Kier molecular flexibility index (Phi) is 7.21. The van der Waals surface area contributed by atoms with E-state index in [1.165, 1.54) is 0 Å². The fourth-order valence-electron chi connectivity index (χ4n) is 2.54. The van der Waals surface area contributed by atoms with E-state index in [1.807, 2.05) is 55.5 Å². The Morgan fingerprint density at radius 3 is 2.23 bits per heavy atom. The maximum atomic E-state index is 12.9. The lowest BCUT2D eigenvalue weighted by Crippen LogP contribution is -2.33. The molecule has 5 heteroatoms. The predicted octanol–water partition coefficient (Wildman–Crippen LogP) is 3.60. The number of hydrogen-bond acceptors (Lipinski definition) is 4. The summed E-state index contributed by atoms with van der Waals surface area (Å²) in [5, 5.41) is 0. The molecule has 0 aliphatic rings. The van der Waals surface area contributed by atoms with Gasteiger partial charge < -0.3 is 14.4 Å². The molecule has 0 spiro atoms. The van der Waals surface area contributed by atoms with Crippen molar-refractivity contribution in [2.75, 3.05) is 20.3 Å². The van der Waals surface area contributed by atoms with Gasteiger partial charge in [0.05, 0.1) is 20.1 Å². The van der Waals surface area contributed by atoms with Crippen LogP contribution in [0.1, 0.15) is 34.8 Å². The summed E-state index contributed by atoms with van der Waals surface area (Å²) in [4.78, 5) is 26.3. The van der Waals surface area contributed by atoms with Crippen LogP contribution in [0.25, 0.3) is 0 Å². The summed E-state index contributed by atoms with van der Waals surface area (Å²) in [5.74, 6) is 0.353. The fraction of sp³-hybridized carbons (Fsp3) is 0.333. The first-order valence-corrected chi connectivity index (χ1v) is 8.68. The standard InChI is InChI=1S/C21H25NO4/c1-4-26-20(23)13-14-22(15-17-7-11-19(25-3)12-8-17)21(24)18-9-5-16(2)6-10-18/h5-12H,4,13-15H2,1-3H3. The van der Waals surface area contributed by atoms with Crippen LogP contribution >= 0.6 is 0 Å². The monoisotopic (exact) mass is 355 g/mol. The Morgan fingerprint density at radius 2 is 1.65 bits per heavy atom. The number of carbonyl (C=O) groups is 2. The molecule has 0 aromatic heterocycles. The van der Waals surface area contributed by atoms with Crippen LogP contribution in [0, 0.1) is 6.92 Å². The van der Waals surface area contributed by atoms with Gasteiger partial charge in [-0.3, -0.25) is 9.59 Å². The molecule has 26 heavy (non-hydrogen) atoms. The Hall–Kier alpha value is -2.82. The van der Waals surface area contributed by atoms with E-state index in [-0.39, 0.29) is 18.3 Å². The zero-order chi connectivity index (χ0) is 18.9. The van der Waals surface area contributed by atoms with Crippen molar-refractivity contribution in [2.45, 2.75) is 26.8 Å². The van der Waals surface area contributed by atoms with Gasteiger partial charge in [-0.15, -0.1) is 0 Å². The minimum absolute atomic E-state index is 0.106. The summed E-state index contributed by atoms with van der Waals surface area (Å²) in [7, 11) is 1.61. The highest BCUT2D eigenvalue weighted by Crippen LogP contribution is 2.15. The first kappa shape index (κ1) is 19.5. The summed E-state index contributed by atoms with van der Waals surface area (Å²) in [6, 6.07) is 15.0. The van der Waals surface area contributed by atoms with Crippen molar-refractivity contribution in [3.05, 3.63) is 65.2 Å². The summed E-state index contributed by atoms with van der Waals surface area (Å²) in [5.41, 5.74) is 2.66. The number of methoxy groups -OCH3 is 1. The lowest BCUT2D eigenvalue weighted by atomic mass is 10.1. The van der Waals surface area contributed by atoms with Gasteiger partial charge in [-0.05, 0) is 43.7 Å². The number of rotatable bonds is 8. The van der Waals surface area contributed by atoms with Crippen molar-refractivity contribution in [3.8, 4) is 5.75 Å². The third kappa shape index (κ3) is 5.62. The van der Waals surface area contributed by atoms with E-state index >= 15 is 0 Å². The van der Waals surface area contributed by atoms with Gasteiger partial charge in [0.15, 0.2) is 0 Å². The van der Waals surface area contributed by atoms with E-state index in [0.29, 0.717) is 25.3 Å². The van der Waals surface area contributed by atoms with Crippen LogP contribution in [0.4, 0.5) is 0 Å². The third-order valence-corrected chi connectivity index (χ3v) is 4.01. The van der Waals surface area contributed by atoms with Crippen LogP contribution in [-0.4, -0.2) is 37.0 Å². The third-order valence-electron chi connectivity index (χ3n) is 4.01. The molecule has 2 rings (SSSR count). The van der Waals surface area contributed by atoms with Gasteiger partial charge in [-0.25, -0.2) is 0 Å². The number of nitrogens with zero attached hydrogens (tertiary/aromatic N) is 1. The Morgan fingerprint density at radius 1 is 1.00 bits per heavy atom. The van der Waals surface area contributed by atoms with Crippen LogP contribution in [-0.2, 0) is 16.1 Å². The minimum Gasteiger partial charge on any atom is -0.497 e. The lowest BCUT2D eigenvalue weighted by Gasteiger charge is -2.23. The molecular formula is C21H25NO4. The highest BCUT2D eigenvalue weighted by atomic mass is 16.5. The first-order chi connectivity index (χ1) is 12.5.